The maximum atomic E-state index is 12.2. The zero-order chi connectivity index (χ0) is 15.0. The van der Waals surface area contributed by atoms with E-state index in [4.69, 9.17) is 0 Å². The molecule has 1 amide bonds. The lowest BCUT2D eigenvalue weighted by atomic mass is 10.0. The van der Waals surface area contributed by atoms with E-state index in [0.29, 0.717) is 28.9 Å². The lowest BCUT2D eigenvalue weighted by Gasteiger charge is -2.16. The van der Waals surface area contributed by atoms with E-state index in [-0.39, 0.29) is 5.91 Å². The van der Waals surface area contributed by atoms with Gasteiger partial charge in [0, 0.05) is 18.0 Å². The summed E-state index contributed by atoms with van der Waals surface area (Å²) >= 11 is 1.49. The summed E-state index contributed by atoms with van der Waals surface area (Å²) in [6, 6.07) is 2.19. The van der Waals surface area contributed by atoms with Gasteiger partial charge in [0.25, 0.3) is 0 Å². The Morgan fingerprint density at radius 3 is 2.71 bits per heavy atom. The highest BCUT2D eigenvalue weighted by molar-refractivity contribution is 7.16. The van der Waals surface area contributed by atoms with E-state index in [1.807, 2.05) is 13.8 Å². The molecule has 0 spiro atoms. The van der Waals surface area contributed by atoms with Gasteiger partial charge in [0.1, 0.15) is 11.1 Å². The number of anilines is 1. The van der Waals surface area contributed by atoms with Crippen LogP contribution in [0.15, 0.2) is 0 Å². The van der Waals surface area contributed by atoms with Crippen molar-refractivity contribution in [2.45, 2.75) is 13.8 Å². The number of hydrogen-bond donors (Lipinski definition) is 2. The van der Waals surface area contributed by atoms with Crippen molar-refractivity contribution in [3.05, 3.63) is 16.0 Å². The highest BCUT2D eigenvalue weighted by Gasteiger charge is 2.36. The van der Waals surface area contributed by atoms with E-state index in [9.17, 15) is 10.1 Å². The second-order valence-electron chi connectivity index (χ2n) is 6.02. The van der Waals surface area contributed by atoms with E-state index < -0.39 is 0 Å². The third-order valence-electron chi connectivity index (χ3n) is 4.58. The highest BCUT2D eigenvalue weighted by atomic mass is 32.1. The number of nitrogens with one attached hydrogen (secondary N) is 2. The molecule has 1 aromatic heterocycles. The van der Waals surface area contributed by atoms with Gasteiger partial charge < -0.3 is 10.6 Å². The Hall–Kier alpha value is -1.42. The fourth-order valence-electron chi connectivity index (χ4n) is 3.30. The van der Waals surface area contributed by atoms with Gasteiger partial charge >= 0.3 is 0 Å². The zero-order valence-corrected chi connectivity index (χ0v) is 13.2. The maximum Gasteiger partial charge on any atom is 0.239 e. The number of rotatable bonds is 3. The molecular formula is C15H20N4OS. The minimum atomic E-state index is -0.0133. The summed E-state index contributed by atoms with van der Waals surface area (Å²) < 4.78 is 0. The molecule has 6 heteroatoms. The molecule has 2 fully saturated rings. The quantitative estimate of drug-likeness (QED) is 0.884. The lowest BCUT2D eigenvalue weighted by molar-refractivity contribution is -0.117. The number of aryl methyl sites for hydroxylation is 1. The van der Waals surface area contributed by atoms with Crippen LogP contribution in [-0.4, -0.2) is 43.5 Å². The minimum absolute atomic E-state index is 0.0133. The monoisotopic (exact) mass is 304 g/mol. The van der Waals surface area contributed by atoms with Crippen LogP contribution in [0.25, 0.3) is 0 Å². The first-order valence-corrected chi connectivity index (χ1v) is 8.13. The van der Waals surface area contributed by atoms with E-state index >= 15 is 0 Å². The van der Waals surface area contributed by atoms with Crippen molar-refractivity contribution in [3.63, 3.8) is 0 Å². The number of carbonyl (C=O) groups is 1. The van der Waals surface area contributed by atoms with E-state index in [0.717, 1.165) is 36.6 Å². The molecular weight excluding hydrogens is 284 g/mol. The summed E-state index contributed by atoms with van der Waals surface area (Å²) in [5.74, 6) is 1.37. The Kier molecular flexibility index (Phi) is 3.98. The first kappa shape index (κ1) is 14.5. The number of fused-ring (bicyclic) bond motifs is 1. The Labute approximate surface area is 128 Å². The van der Waals surface area contributed by atoms with Crippen LogP contribution in [0.3, 0.4) is 0 Å². The molecule has 0 radical (unpaired) electrons. The van der Waals surface area contributed by atoms with Crippen LogP contribution in [0.1, 0.15) is 16.0 Å². The second-order valence-corrected chi connectivity index (χ2v) is 7.24. The molecule has 5 nitrogen and oxygen atoms in total. The Morgan fingerprint density at radius 1 is 1.43 bits per heavy atom. The van der Waals surface area contributed by atoms with Gasteiger partial charge in [0.05, 0.1) is 12.1 Å². The van der Waals surface area contributed by atoms with Crippen molar-refractivity contribution in [2.24, 2.45) is 11.8 Å². The smallest absolute Gasteiger partial charge is 0.239 e. The molecule has 2 unspecified atom stereocenters. The second kappa shape index (κ2) is 5.76. The molecule has 0 aliphatic carbocycles. The van der Waals surface area contributed by atoms with Gasteiger partial charge in [-0.15, -0.1) is 11.3 Å². The maximum absolute atomic E-state index is 12.2. The average molecular weight is 304 g/mol. The highest BCUT2D eigenvalue weighted by Crippen LogP contribution is 2.32. The molecule has 2 saturated heterocycles. The van der Waals surface area contributed by atoms with Crippen molar-refractivity contribution in [3.8, 4) is 6.07 Å². The molecule has 2 atom stereocenters. The molecule has 0 aromatic carbocycles. The molecule has 0 bridgehead atoms. The number of thiophene rings is 1. The van der Waals surface area contributed by atoms with E-state index in [1.165, 1.54) is 11.3 Å². The predicted molar refractivity (Wildman–Crippen MR) is 83.4 cm³/mol. The molecule has 112 valence electrons. The van der Waals surface area contributed by atoms with E-state index in [2.05, 4.69) is 21.6 Å². The van der Waals surface area contributed by atoms with Gasteiger partial charge in [0.2, 0.25) is 5.91 Å². The van der Waals surface area contributed by atoms with Gasteiger partial charge in [-0.2, -0.15) is 5.26 Å². The van der Waals surface area contributed by atoms with Crippen LogP contribution >= 0.6 is 11.3 Å². The third kappa shape index (κ3) is 2.82. The summed E-state index contributed by atoms with van der Waals surface area (Å²) in [6.07, 6.45) is 0. The fourth-order valence-corrected chi connectivity index (χ4v) is 4.33. The van der Waals surface area contributed by atoms with Crippen molar-refractivity contribution >= 4 is 22.2 Å². The molecule has 1 aromatic rings. The number of nitrogens with zero attached hydrogens (tertiary/aromatic N) is 2. The first-order valence-electron chi connectivity index (χ1n) is 7.31. The van der Waals surface area contributed by atoms with Crippen molar-refractivity contribution in [1.29, 1.82) is 5.26 Å². The van der Waals surface area contributed by atoms with Gasteiger partial charge in [-0.05, 0) is 44.3 Å². The summed E-state index contributed by atoms with van der Waals surface area (Å²) in [5, 5.41) is 16.2. The molecule has 2 aliphatic heterocycles. The lowest BCUT2D eigenvalue weighted by Crippen LogP contribution is -2.33. The molecule has 3 heterocycles. The van der Waals surface area contributed by atoms with Gasteiger partial charge in [-0.3, -0.25) is 9.69 Å². The first-order chi connectivity index (χ1) is 10.1. The van der Waals surface area contributed by atoms with Crippen LogP contribution in [0.2, 0.25) is 0 Å². The standard InChI is InChI=1S/C15H20N4OS/c1-9-10(2)21-15(13(9)3-16)18-14(20)8-19-6-11-4-17-5-12(11)7-19/h11-12,17H,4-8H2,1-2H3,(H,18,20). The zero-order valence-electron chi connectivity index (χ0n) is 12.4. The van der Waals surface area contributed by atoms with Gasteiger partial charge in [-0.1, -0.05) is 0 Å². The third-order valence-corrected chi connectivity index (χ3v) is 5.71. The number of nitriles is 1. The average Bonchev–Trinajstić information content (AvgIpc) is 3.05. The van der Waals surface area contributed by atoms with Crippen LogP contribution < -0.4 is 10.6 Å². The number of likely N-dealkylation sites (tertiary alicyclic amines) is 1. The van der Waals surface area contributed by atoms with Gasteiger partial charge in [-0.25, -0.2) is 0 Å². The number of amides is 1. The van der Waals surface area contributed by atoms with Crippen LogP contribution in [0, 0.1) is 37.0 Å². The molecule has 21 heavy (non-hydrogen) atoms. The number of carbonyl (C=O) groups excluding carboxylic acids is 1. The largest absolute Gasteiger partial charge is 0.316 e. The number of hydrogen-bond acceptors (Lipinski definition) is 5. The minimum Gasteiger partial charge on any atom is -0.316 e. The van der Waals surface area contributed by atoms with Crippen LogP contribution in [0.4, 0.5) is 5.00 Å². The SMILES string of the molecule is Cc1sc(NC(=O)CN2CC3CNCC3C2)c(C#N)c1C. The Morgan fingerprint density at radius 2 is 2.10 bits per heavy atom. The summed E-state index contributed by atoms with van der Waals surface area (Å²) in [4.78, 5) is 15.5. The van der Waals surface area contributed by atoms with E-state index in [1.54, 1.807) is 0 Å². The Balaban J connectivity index is 1.60. The van der Waals surface area contributed by atoms with Crippen LogP contribution in [0.5, 0.6) is 0 Å². The normalized spacial score (nSPS) is 24.8. The van der Waals surface area contributed by atoms with Crippen molar-refractivity contribution < 1.29 is 4.79 Å². The van der Waals surface area contributed by atoms with Crippen molar-refractivity contribution in [1.82, 2.24) is 10.2 Å². The molecule has 2 aliphatic rings. The summed E-state index contributed by atoms with van der Waals surface area (Å²) in [5.41, 5.74) is 1.58. The topological polar surface area (TPSA) is 68.2 Å². The summed E-state index contributed by atoms with van der Waals surface area (Å²) in [7, 11) is 0. The van der Waals surface area contributed by atoms with Crippen molar-refractivity contribution in [2.75, 3.05) is 38.0 Å². The summed E-state index contributed by atoms with van der Waals surface area (Å²) in [6.45, 7) is 8.47. The molecule has 2 N–H and O–H groups in total. The molecule has 3 rings (SSSR count). The fraction of sp³-hybridized carbons (Fsp3) is 0.600. The predicted octanol–water partition coefficient (Wildman–Crippen LogP) is 1.33. The Bertz CT molecular complexity index is 592. The van der Waals surface area contributed by atoms with Crippen LogP contribution in [-0.2, 0) is 4.79 Å². The van der Waals surface area contributed by atoms with Gasteiger partial charge in [0.15, 0.2) is 0 Å². The molecule has 0 saturated carbocycles.